The molecule has 7 nitrogen and oxygen atoms in total. The van der Waals surface area contributed by atoms with Crippen LogP contribution in [0.2, 0.25) is 0 Å². The lowest BCUT2D eigenvalue weighted by atomic mass is 10.1. The molecule has 4 aromatic rings. The van der Waals surface area contributed by atoms with Gasteiger partial charge in [-0.05, 0) is 55.8 Å². The van der Waals surface area contributed by atoms with Crippen molar-refractivity contribution in [3.05, 3.63) is 66.2 Å². The van der Waals surface area contributed by atoms with Crippen LogP contribution in [-0.2, 0) is 21.4 Å². The molecule has 4 rings (SSSR count). The molecule has 1 N–H and O–H groups in total. The van der Waals surface area contributed by atoms with Crippen LogP contribution in [0.4, 0.5) is 5.69 Å². The second kappa shape index (κ2) is 8.88. The number of benzene rings is 3. The standard InChI is InChI=1S/C25H27N3O4S/c1-5-28-21-9-7-6-8-19(21)20-15-18(11-12-22(20)28)26-25(29)16-27(3)33(30,31)24-14-17(2)10-13-23(24)32-4/h6-15H,5,16H2,1-4H3,(H,26,29). The molecule has 0 atom stereocenters. The largest absolute Gasteiger partial charge is 0.495 e. The number of hydrogen-bond acceptors (Lipinski definition) is 4. The van der Waals surface area contributed by atoms with Crippen LogP contribution in [0.1, 0.15) is 12.5 Å². The minimum atomic E-state index is -3.91. The third-order valence-corrected chi connectivity index (χ3v) is 7.57. The topological polar surface area (TPSA) is 80.6 Å². The van der Waals surface area contributed by atoms with Gasteiger partial charge in [0.05, 0.1) is 13.7 Å². The third-order valence-electron chi connectivity index (χ3n) is 5.75. The van der Waals surface area contributed by atoms with Crippen molar-refractivity contribution in [2.45, 2.75) is 25.3 Å². The number of aryl methyl sites for hydroxylation is 2. The molecule has 1 heterocycles. The lowest BCUT2D eigenvalue weighted by Crippen LogP contribution is -2.35. The van der Waals surface area contributed by atoms with Crippen LogP contribution in [-0.4, -0.2) is 43.9 Å². The molecule has 33 heavy (non-hydrogen) atoms. The van der Waals surface area contributed by atoms with E-state index in [1.165, 1.54) is 14.2 Å². The molecule has 0 saturated carbocycles. The summed E-state index contributed by atoms with van der Waals surface area (Å²) < 4.78 is 34.6. The smallest absolute Gasteiger partial charge is 0.246 e. The zero-order valence-corrected chi connectivity index (χ0v) is 19.9. The molecule has 0 bridgehead atoms. The molecule has 0 fully saturated rings. The Hall–Kier alpha value is -3.36. The summed E-state index contributed by atoms with van der Waals surface area (Å²) in [6.45, 7) is 4.41. The molecule has 0 unspecified atom stereocenters. The summed E-state index contributed by atoms with van der Waals surface area (Å²) >= 11 is 0. The van der Waals surface area contributed by atoms with Crippen molar-refractivity contribution in [1.82, 2.24) is 8.87 Å². The van der Waals surface area contributed by atoms with Gasteiger partial charge in [-0.3, -0.25) is 4.79 Å². The number of ether oxygens (including phenoxy) is 1. The van der Waals surface area contributed by atoms with Gasteiger partial charge in [0.1, 0.15) is 10.6 Å². The summed E-state index contributed by atoms with van der Waals surface area (Å²) in [5, 5.41) is 4.98. The van der Waals surface area contributed by atoms with Gasteiger partial charge in [-0.2, -0.15) is 4.31 Å². The van der Waals surface area contributed by atoms with Crippen LogP contribution in [0.5, 0.6) is 5.75 Å². The average Bonchev–Trinajstić information content (AvgIpc) is 3.12. The van der Waals surface area contributed by atoms with Gasteiger partial charge in [0, 0.05) is 41.1 Å². The number of nitrogens with zero attached hydrogens (tertiary/aromatic N) is 2. The fourth-order valence-corrected chi connectivity index (χ4v) is 5.48. The van der Waals surface area contributed by atoms with Crippen molar-refractivity contribution in [3.63, 3.8) is 0 Å². The second-order valence-electron chi connectivity index (χ2n) is 7.96. The summed E-state index contributed by atoms with van der Waals surface area (Å²) in [7, 11) is -1.11. The Labute approximate surface area is 193 Å². The van der Waals surface area contributed by atoms with E-state index in [1.807, 2.05) is 30.3 Å². The second-order valence-corrected chi connectivity index (χ2v) is 9.97. The Kier molecular flexibility index (Phi) is 6.14. The summed E-state index contributed by atoms with van der Waals surface area (Å²) in [4.78, 5) is 12.8. The molecule has 1 aromatic heterocycles. The van der Waals surface area contributed by atoms with Crippen molar-refractivity contribution in [1.29, 1.82) is 0 Å². The number of nitrogens with one attached hydrogen (secondary N) is 1. The van der Waals surface area contributed by atoms with E-state index in [0.29, 0.717) is 5.69 Å². The summed E-state index contributed by atoms with van der Waals surface area (Å²) in [6, 6.07) is 18.8. The SMILES string of the molecule is CCn1c2ccccc2c2cc(NC(=O)CN(C)S(=O)(=O)c3cc(C)ccc3OC)ccc21. The highest BCUT2D eigenvalue weighted by Crippen LogP contribution is 2.31. The fourth-order valence-electron chi connectivity index (χ4n) is 4.11. The highest BCUT2D eigenvalue weighted by atomic mass is 32.2. The molecule has 0 radical (unpaired) electrons. The maximum Gasteiger partial charge on any atom is 0.246 e. The molecule has 8 heteroatoms. The molecule has 0 spiro atoms. The summed E-state index contributed by atoms with van der Waals surface area (Å²) in [5.74, 6) is -0.183. The highest BCUT2D eigenvalue weighted by molar-refractivity contribution is 7.89. The van der Waals surface area contributed by atoms with Crippen molar-refractivity contribution in [2.75, 3.05) is 26.0 Å². The van der Waals surface area contributed by atoms with Gasteiger partial charge in [0.2, 0.25) is 15.9 Å². The molecule has 0 aliphatic rings. The van der Waals surface area contributed by atoms with E-state index >= 15 is 0 Å². The number of rotatable bonds is 7. The first kappa shape index (κ1) is 22.8. The van der Waals surface area contributed by atoms with E-state index in [1.54, 1.807) is 25.1 Å². The van der Waals surface area contributed by atoms with E-state index in [-0.39, 0.29) is 17.2 Å². The van der Waals surface area contributed by atoms with Gasteiger partial charge < -0.3 is 14.6 Å². The number of anilines is 1. The molecule has 172 valence electrons. The van der Waals surface area contributed by atoms with Crippen molar-refractivity contribution in [2.24, 2.45) is 0 Å². The number of carbonyl (C=O) groups excluding carboxylic acids is 1. The first-order valence-corrected chi connectivity index (χ1v) is 12.1. The van der Waals surface area contributed by atoms with Gasteiger partial charge >= 0.3 is 0 Å². The van der Waals surface area contributed by atoms with Crippen molar-refractivity contribution >= 4 is 43.4 Å². The predicted molar refractivity (Wildman–Crippen MR) is 131 cm³/mol. The minimum absolute atomic E-state index is 0.0362. The average molecular weight is 466 g/mol. The molecule has 3 aromatic carbocycles. The number of carbonyl (C=O) groups is 1. The van der Waals surface area contributed by atoms with E-state index < -0.39 is 15.9 Å². The molecule has 0 saturated heterocycles. The van der Waals surface area contributed by atoms with Gasteiger partial charge in [0.15, 0.2) is 0 Å². The quantitative estimate of drug-likeness (QED) is 0.439. The van der Waals surface area contributed by atoms with Gasteiger partial charge in [-0.1, -0.05) is 24.3 Å². The normalized spacial score (nSPS) is 11.9. The molecule has 0 aliphatic carbocycles. The molecular formula is C25H27N3O4S. The number of amides is 1. The summed E-state index contributed by atoms with van der Waals surface area (Å²) in [6.07, 6.45) is 0. The van der Waals surface area contributed by atoms with Crippen LogP contribution in [0, 0.1) is 6.92 Å². The Morgan fingerprint density at radius 3 is 2.48 bits per heavy atom. The van der Waals surface area contributed by atoms with E-state index in [2.05, 4.69) is 28.9 Å². The Balaban J connectivity index is 1.58. The number of hydrogen-bond donors (Lipinski definition) is 1. The van der Waals surface area contributed by atoms with Gasteiger partial charge in [-0.25, -0.2) is 8.42 Å². The third kappa shape index (κ3) is 4.19. The van der Waals surface area contributed by atoms with Crippen LogP contribution in [0.25, 0.3) is 21.8 Å². The van der Waals surface area contributed by atoms with E-state index in [4.69, 9.17) is 4.74 Å². The van der Waals surface area contributed by atoms with Crippen LogP contribution >= 0.6 is 0 Å². The number of methoxy groups -OCH3 is 1. The maximum atomic E-state index is 13.1. The van der Waals surface area contributed by atoms with Crippen LogP contribution in [0.3, 0.4) is 0 Å². The monoisotopic (exact) mass is 465 g/mol. The van der Waals surface area contributed by atoms with Crippen LogP contribution < -0.4 is 10.1 Å². The number of para-hydroxylation sites is 1. The lowest BCUT2D eigenvalue weighted by Gasteiger charge is -2.19. The lowest BCUT2D eigenvalue weighted by molar-refractivity contribution is -0.116. The first-order valence-electron chi connectivity index (χ1n) is 10.7. The maximum absolute atomic E-state index is 13.1. The highest BCUT2D eigenvalue weighted by Gasteiger charge is 2.26. The number of aromatic nitrogens is 1. The van der Waals surface area contributed by atoms with Gasteiger partial charge in [-0.15, -0.1) is 0 Å². The number of sulfonamides is 1. The van der Waals surface area contributed by atoms with Gasteiger partial charge in [0.25, 0.3) is 0 Å². The predicted octanol–water partition coefficient (Wildman–Crippen LogP) is 4.39. The van der Waals surface area contributed by atoms with Crippen molar-refractivity contribution in [3.8, 4) is 5.75 Å². The molecule has 0 aliphatic heterocycles. The molecule has 1 amide bonds. The first-order chi connectivity index (χ1) is 15.8. The zero-order valence-electron chi connectivity index (χ0n) is 19.1. The minimum Gasteiger partial charge on any atom is -0.495 e. The Morgan fingerprint density at radius 1 is 1.03 bits per heavy atom. The number of fused-ring (bicyclic) bond motifs is 3. The Morgan fingerprint density at radius 2 is 1.76 bits per heavy atom. The van der Waals surface area contributed by atoms with Crippen molar-refractivity contribution < 1.29 is 17.9 Å². The van der Waals surface area contributed by atoms with Crippen LogP contribution in [0.15, 0.2) is 65.6 Å². The van der Waals surface area contributed by atoms with E-state index in [9.17, 15) is 13.2 Å². The molecular weight excluding hydrogens is 438 g/mol. The fraction of sp³-hybridized carbons (Fsp3) is 0.240. The number of likely N-dealkylation sites (N-methyl/N-ethyl adjacent to an activating group) is 1. The zero-order chi connectivity index (χ0) is 23.8. The Bertz CT molecular complexity index is 1460. The van der Waals surface area contributed by atoms with E-state index in [0.717, 1.165) is 38.2 Å². The summed E-state index contributed by atoms with van der Waals surface area (Å²) in [5.41, 5.74) is 3.62.